The lowest BCUT2D eigenvalue weighted by Gasteiger charge is -2.14. The standard InChI is InChI=1S/C18H22N2O3/c1-2-11-19-17(22)18(23)20-12-10-16(21)15-9-5-7-13-6-3-4-8-14(13)15/h3-9,16,21H,2,10-12H2,1H3,(H,19,22)(H,20,23). The number of carbonyl (C=O) groups excluding carboxylic acids is 2. The van der Waals surface area contributed by atoms with Gasteiger partial charge in [0.1, 0.15) is 0 Å². The minimum Gasteiger partial charge on any atom is -0.388 e. The zero-order valence-electron chi connectivity index (χ0n) is 13.2. The lowest BCUT2D eigenvalue weighted by atomic mass is 9.99. The highest BCUT2D eigenvalue weighted by Gasteiger charge is 2.14. The zero-order chi connectivity index (χ0) is 16.7. The van der Waals surface area contributed by atoms with Crippen LogP contribution in [0.25, 0.3) is 10.8 Å². The maximum atomic E-state index is 11.6. The molecule has 2 amide bonds. The number of fused-ring (bicyclic) bond motifs is 1. The summed E-state index contributed by atoms with van der Waals surface area (Å²) in [5.74, 6) is -1.30. The van der Waals surface area contributed by atoms with Crippen molar-refractivity contribution in [1.82, 2.24) is 10.6 Å². The van der Waals surface area contributed by atoms with Crippen molar-refractivity contribution in [3.8, 4) is 0 Å². The highest BCUT2D eigenvalue weighted by atomic mass is 16.3. The Morgan fingerprint density at radius 3 is 2.39 bits per heavy atom. The van der Waals surface area contributed by atoms with E-state index in [0.717, 1.165) is 22.8 Å². The summed E-state index contributed by atoms with van der Waals surface area (Å²) >= 11 is 0. The average Bonchev–Trinajstić information content (AvgIpc) is 2.58. The second-order valence-electron chi connectivity index (χ2n) is 5.38. The number of benzene rings is 2. The van der Waals surface area contributed by atoms with Gasteiger partial charge in [0.05, 0.1) is 6.10 Å². The van der Waals surface area contributed by atoms with Crippen molar-refractivity contribution in [3.63, 3.8) is 0 Å². The number of aliphatic hydroxyl groups is 1. The maximum Gasteiger partial charge on any atom is 0.309 e. The summed E-state index contributed by atoms with van der Waals surface area (Å²) in [5, 5.41) is 17.5. The molecule has 0 bridgehead atoms. The molecule has 0 fully saturated rings. The van der Waals surface area contributed by atoms with Crippen LogP contribution in [0.2, 0.25) is 0 Å². The monoisotopic (exact) mass is 314 g/mol. The number of amides is 2. The van der Waals surface area contributed by atoms with Gasteiger partial charge < -0.3 is 15.7 Å². The van der Waals surface area contributed by atoms with E-state index in [1.54, 1.807) is 0 Å². The first-order valence-corrected chi connectivity index (χ1v) is 7.85. The smallest absolute Gasteiger partial charge is 0.309 e. The molecule has 0 aromatic heterocycles. The van der Waals surface area contributed by atoms with Crippen LogP contribution in [-0.4, -0.2) is 30.0 Å². The van der Waals surface area contributed by atoms with E-state index in [0.29, 0.717) is 13.0 Å². The molecule has 0 aliphatic heterocycles. The molecule has 0 heterocycles. The quantitative estimate of drug-likeness (QED) is 0.713. The molecule has 0 aliphatic rings. The first-order chi connectivity index (χ1) is 11.1. The number of aliphatic hydroxyl groups excluding tert-OH is 1. The molecule has 3 N–H and O–H groups in total. The lowest BCUT2D eigenvalue weighted by Crippen LogP contribution is -2.40. The van der Waals surface area contributed by atoms with Crippen LogP contribution in [0, 0.1) is 0 Å². The number of hydrogen-bond acceptors (Lipinski definition) is 3. The Bertz CT molecular complexity index is 680. The third kappa shape index (κ3) is 4.53. The summed E-state index contributed by atoms with van der Waals surface area (Å²) in [6.45, 7) is 2.63. The molecule has 122 valence electrons. The van der Waals surface area contributed by atoms with Crippen molar-refractivity contribution in [3.05, 3.63) is 48.0 Å². The Kier molecular flexibility index (Phi) is 6.11. The second-order valence-corrected chi connectivity index (χ2v) is 5.38. The summed E-state index contributed by atoms with van der Waals surface area (Å²) in [4.78, 5) is 23.0. The second kappa shape index (κ2) is 8.29. The number of carbonyl (C=O) groups is 2. The lowest BCUT2D eigenvalue weighted by molar-refractivity contribution is -0.139. The Labute approximate surface area is 135 Å². The highest BCUT2D eigenvalue weighted by molar-refractivity contribution is 6.35. The summed E-state index contributed by atoms with van der Waals surface area (Å²) in [5.41, 5.74) is 0.827. The minimum absolute atomic E-state index is 0.239. The summed E-state index contributed by atoms with van der Waals surface area (Å²) in [6, 6.07) is 13.6. The summed E-state index contributed by atoms with van der Waals surface area (Å²) < 4.78 is 0. The fourth-order valence-corrected chi connectivity index (χ4v) is 2.42. The molecule has 0 saturated carbocycles. The summed E-state index contributed by atoms with van der Waals surface area (Å²) in [7, 11) is 0. The van der Waals surface area contributed by atoms with E-state index >= 15 is 0 Å². The van der Waals surface area contributed by atoms with E-state index in [1.807, 2.05) is 49.4 Å². The molecule has 0 radical (unpaired) electrons. The van der Waals surface area contributed by atoms with Crippen molar-refractivity contribution >= 4 is 22.6 Å². The Balaban J connectivity index is 1.91. The van der Waals surface area contributed by atoms with Gasteiger partial charge in [-0.05, 0) is 29.2 Å². The molecule has 2 aromatic rings. The third-order valence-corrected chi connectivity index (χ3v) is 3.63. The van der Waals surface area contributed by atoms with E-state index in [2.05, 4.69) is 10.6 Å². The van der Waals surface area contributed by atoms with Gasteiger partial charge >= 0.3 is 11.8 Å². The first-order valence-electron chi connectivity index (χ1n) is 7.85. The highest BCUT2D eigenvalue weighted by Crippen LogP contribution is 2.25. The normalized spacial score (nSPS) is 11.9. The van der Waals surface area contributed by atoms with E-state index < -0.39 is 17.9 Å². The molecule has 2 rings (SSSR count). The van der Waals surface area contributed by atoms with Gasteiger partial charge in [-0.3, -0.25) is 9.59 Å². The van der Waals surface area contributed by atoms with Crippen LogP contribution in [0.3, 0.4) is 0 Å². The van der Waals surface area contributed by atoms with Crippen molar-refractivity contribution in [2.45, 2.75) is 25.9 Å². The zero-order valence-corrected chi connectivity index (χ0v) is 13.2. The molecule has 1 unspecified atom stereocenters. The van der Waals surface area contributed by atoms with Crippen LogP contribution in [-0.2, 0) is 9.59 Å². The van der Waals surface area contributed by atoms with Crippen LogP contribution in [0.15, 0.2) is 42.5 Å². The fourth-order valence-electron chi connectivity index (χ4n) is 2.42. The molecule has 5 heteroatoms. The van der Waals surface area contributed by atoms with Gasteiger partial charge in [0.25, 0.3) is 0 Å². The predicted molar refractivity (Wildman–Crippen MR) is 89.8 cm³/mol. The Morgan fingerprint density at radius 2 is 1.65 bits per heavy atom. The minimum atomic E-state index is -0.694. The van der Waals surface area contributed by atoms with Crippen LogP contribution < -0.4 is 10.6 Å². The number of hydrogen-bond donors (Lipinski definition) is 3. The van der Waals surface area contributed by atoms with E-state index in [1.165, 1.54) is 0 Å². The van der Waals surface area contributed by atoms with E-state index in [4.69, 9.17) is 0 Å². The number of rotatable bonds is 6. The number of nitrogens with one attached hydrogen (secondary N) is 2. The summed E-state index contributed by atoms with van der Waals surface area (Å²) in [6.07, 6.45) is 0.430. The van der Waals surface area contributed by atoms with Gasteiger partial charge in [-0.2, -0.15) is 0 Å². The molecule has 0 spiro atoms. The largest absolute Gasteiger partial charge is 0.388 e. The SMILES string of the molecule is CCCNC(=O)C(=O)NCCC(O)c1cccc2ccccc12. The average molecular weight is 314 g/mol. The molecule has 1 atom stereocenters. The Morgan fingerprint density at radius 1 is 1.00 bits per heavy atom. The van der Waals surface area contributed by atoms with Gasteiger partial charge in [-0.25, -0.2) is 0 Å². The fraction of sp³-hybridized carbons (Fsp3) is 0.333. The predicted octanol–water partition coefficient (Wildman–Crippen LogP) is 1.91. The van der Waals surface area contributed by atoms with Crippen molar-refractivity contribution in [2.75, 3.05) is 13.1 Å². The molecular weight excluding hydrogens is 292 g/mol. The Hall–Kier alpha value is -2.40. The van der Waals surface area contributed by atoms with E-state index in [-0.39, 0.29) is 6.54 Å². The van der Waals surface area contributed by atoms with Crippen molar-refractivity contribution in [1.29, 1.82) is 0 Å². The first kappa shape index (κ1) is 17.0. The van der Waals surface area contributed by atoms with Crippen LogP contribution in [0.1, 0.15) is 31.4 Å². The topological polar surface area (TPSA) is 78.4 Å². The molecule has 5 nitrogen and oxygen atoms in total. The van der Waals surface area contributed by atoms with Gasteiger partial charge in [0.15, 0.2) is 0 Å². The van der Waals surface area contributed by atoms with Gasteiger partial charge in [0, 0.05) is 13.1 Å². The van der Waals surface area contributed by atoms with Crippen LogP contribution >= 0.6 is 0 Å². The molecule has 2 aromatic carbocycles. The van der Waals surface area contributed by atoms with Gasteiger partial charge in [-0.15, -0.1) is 0 Å². The van der Waals surface area contributed by atoms with E-state index in [9.17, 15) is 14.7 Å². The third-order valence-electron chi connectivity index (χ3n) is 3.63. The molecular formula is C18H22N2O3. The van der Waals surface area contributed by atoms with Gasteiger partial charge in [-0.1, -0.05) is 49.4 Å². The van der Waals surface area contributed by atoms with Crippen molar-refractivity contribution < 1.29 is 14.7 Å². The van der Waals surface area contributed by atoms with Crippen LogP contribution in [0.5, 0.6) is 0 Å². The van der Waals surface area contributed by atoms with Gasteiger partial charge in [0.2, 0.25) is 0 Å². The molecule has 0 aliphatic carbocycles. The molecule has 0 saturated heterocycles. The van der Waals surface area contributed by atoms with Crippen LogP contribution in [0.4, 0.5) is 0 Å². The van der Waals surface area contributed by atoms with Crippen molar-refractivity contribution in [2.24, 2.45) is 0 Å². The molecule has 23 heavy (non-hydrogen) atoms. The maximum absolute atomic E-state index is 11.6.